The second kappa shape index (κ2) is 5.96. The van der Waals surface area contributed by atoms with Gasteiger partial charge >= 0.3 is 0 Å². The molecular formula is C14H16BrCl2N3. The molecule has 3 nitrogen and oxygen atoms in total. The molecule has 0 saturated heterocycles. The molecule has 0 aliphatic heterocycles. The molecule has 0 radical (unpaired) electrons. The molecule has 1 heterocycles. The molecular weight excluding hydrogens is 361 g/mol. The van der Waals surface area contributed by atoms with Crippen molar-refractivity contribution < 1.29 is 0 Å². The Hall–Kier alpha value is -0.710. The summed E-state index contributed by atoms with van der Waals surface area (Å²) in [6, 6.07) is 3.72. The molecule has 2 aromatic rings. The minimum atomic E-state index is 0.0693. The first kappa shape index (κ1) is 15.7. The van der Waals surface area contributed by atoms with Crippen LogP contribution in [0.1, 0.15) is 29.9 Å². The Morgan fingerprint density at radius 2 is 1.80 bits per heavy atom. The fraction of sp³-hybridized carbons (Fsp3) is 0.357. The van der Waals surface area contributed by atoms with Crippen LogP contribution in [-0.2, 0) is 7.05 Å². The molecule has 20 heavy (non-hydrogen) atoms. The SMILES string of the molecule is Cc1nn(C)c(C)c1C(C)Nc1c(Cl)cc(Br)cc1Cl. The van der Waals surface area contributed by atoms with E-state index in [9.17, 15) is 0 Å². The molecule has 0 amide bonds. The first-order chi connectivity index (χ1) is 9.31. The number of anilines is 1. The van der Waals surface area contributed by atoms with Crippen LogP contribution >= 0.6 is 39.1 Å². The number of rotatable bonds is 3. The molecule has 0 saturated carbocycles. The Morgan fingerprint density at radius 3 is 2.25 bits per heavy atom. The van der Waals surface area contributed by atoms with E-state index in [1.165, 1.54) is 5.56 Å². The average molecular weight is 377 g/mol. The van der Waals surface area contributed by atoms with Crippen LogP contribution in [0.4, 0.5) is 5.69 Å². The second-order valence-electron chi connectivity index (χ2n) is 4.82. The summed E-state index contributed by atoms with van der Waals surface area (Å²) in [6.07, 6.45) is 0. The van der Waals surface area contributed by atoms with Crippen LogP contribution in [0.25, 0.3) is 0 Å². The molecule has 1 unspecified atom stereocenters. The van der Waals surface area contributed by atoms with E-state index in [1.54, 1.807) is 0 Å². The molecule has 1 N–H and O–H groups in total. The van der Waals surface area contributed by atoms with Crippen LogP contribution < -0.4 is 5.32 Å². The Balaban J connectivity index is 2.35. The zero-order valence-corrected chi connectivity index (χ0v) is 14.9. The van der Waals surface area contributed by atoms with Gasteiger partial charge in [-0.15, -0.1) is 0 Å². The molecule has 6 heteroatoms. The van der Waals surface area contributed by atoms with Gasteiger partial charge in [-0.25, -0.2) is 0 Å². The lowest BCUT2D eigenvalue weighted by Crippen LogP contribution is -2.09. The molecule has 1 aromatic heterocycles. The molecule has 0 aliphatic carbocycles. The first-order valence-electron chi connectivity index (χ1n) is 6.22. The number of benzene rings is 1. The van der Waals surface area contributed by atoms with Crippen molar-refractivity contribution in [3.8, 4) is 0 Å². The van der Waals surface area contributed by atoms with Gasteiger partial charge in [0.2, 0.25) is 0 Å². The summed E-state index contributed by atoms with van der Waals surface area (Å²) in [5, 5.41) is 9.00. The Kier molecular flexibility index (Phi) is 4.67. The maximum atomic E-state index is 6.25. The van der Waals surface area contributed by atoms with Crippen LogP contribution in [0.15, 0.2) is 16.6 Å². The van der Waals surface area contributed by atoms with Crippen molar-refractivity contribution in [1.82, 2.24) is 9.78 Å². The molecule has 0 fully saturated rings. The smallest absolute Gasteiger partial charge is 0.0724 e. The predicted molar refractivity (Wildman–Crippen MR) is 88.9 cm³/mol. The van der Waals surface area contributed by atoms with Crippen molar-refractivity contribution in [2.24, 2.45) is 7.05 Å². The van der Waals surface area contributed by atoms with Crippen LogP contribution in [0.2, 0.25) is 10.0 Å². The topological polar surface area (TPSA) is 29.9 Å². The van der Waals surface area contributed by atoms with Crippen molar-refractivity contribution in [3.05, 3.63) is 43.6 Å². The van der Waals surface area contributed by atoms with Gasteiger partial charge in [0, 0.05) is 22.8 Å². The highest BCUT2D eigenvalue weighted by Gasteiger charge is 2.18. The van der Waals surface area contributed by atoms with Gasteiger partial charge < -0.3 is 5.32 Å². The zero-order chi connectivity index (χ0) is 15.0. The maximum Gasteiger partial charge on any atom is 0.0724 e. The number of halogens is 3. The zero-order valence-electron chi connectivity index (χ0n) is 11.8. The quantitative estimate of drug-likeness (QED) is 0.789. The maximum absolute atomic E-state index is 6.25. The Morgan fingerprint density at radius 1 is 1.25 bits per heavy atom. The monoisotopic (exact) mass is 375 g/mol. The summed E-state index contributed by atoms with van der Waals surface area (Å²) in [5.41, 5.74) is 4.05. The van der Waals surface area contributed by atoms with Gasteiger partial charge in [0.1, 0.15) is 0 Å². The third-order valence-electron chi connectivity index (χ3n) is 3.37. The summed E-state index contributed by atoms with van der Waals surface area (Å²) in [6.45, 7) is 6.13. The molecule has 2 rings (SSSR count). The average Bonchev–Trinajstić information content (AvgIpc) is 2.58. The summed E-state index contributed by atoms with van der Waals surface area (Å²) in [7, 11) is 1.94. The third-order valence-corrected chi connectivity index (χ3v) is 4.42. The van der Waals surface area contributed by atoms with Gasteiger partial charge in [-0.3, -0.25) is 4.68 Å². The third kappa shape index (κ3) is 2.97. The number of hydrogen-bond donors (Lipinski definition) is 1. The number of aromatic nitrogens is 2. The fourth-order valence-corrected chi connectivity index (χ4v) is 3.70. The fourth-order valence-electron chi connectivity index (χ4n) is 2.39. The number of nitrogens with one attached hydrogen (secondary N) is 1. The normalized spacial score (nSPS) is 12.6. The van der Waals surface area contributed by atoms with E-state index >= 15 is 0 Å². The van der Waals surface area contributed by atoms with Gasteiger partial charge in [-0.05, 0) is 32.9 Å². The van der Waals surface area contributed by atoms with Crippen molar-refractivity contribution in [1.29, 1.82) is 0 Å². The molecule has 108 valence electrons. The van der Waals surface area contributed by atoms with Crippen LogP contribution in [-0.4, -0.2) is 9.78 Å². The van der Waals surface area contributed by atoms with Crippen LogP contribution in [0, 0.1) is 13.8 Å². The lowest BCUT2D eigenvalue weighted by molar-refractivity contribution is 0.728. The number of aryl methyl sites for hydroxylation is 2. The highest BCUT2D eigenvalue weighted by molar-refractivity contribution is 9.10. The summed E-state index contributed by atoms with van der Waals surface area (Å²) in [4.78, 5) is 0. The minimum Gasteiger partial charge on any atom is -0.376 e. The summed E-state index contributed by atoms with van der Waals surface area (Å²) >= 11 is 15.9. The standard InChI is InChI=1S/C14H16BrCl2N3/c1-7(13-8(2)19-20(4)9(13)3)18-14-11(16)5-10(15)6-12(14)17/h5-7,18H,1-4H3. The first-order valence-corrected chi connectivity index (χ1v) is 7.77. The van der Waals surface area contributed by atoms with Crippen LogP contribution in [0.3, 0.4) is 0 Å². The van der Waals surface area contributed by atoms with Gasteiger partial charge in [0.05, 0.1) is 27.5 Å². The van der Waals surface area contributed by atoms with E-state index in [-0.39, 0.29) is 6.04 Å². The largest absolute Gasteiger partial charge is 0.376 e. The lowest BCUT2D eigenvalue weighted by Gasteiger charge is -2.18. The van der Waals surface area contributed by atoms with Crippen molar-refractivity contribution in [2.45, 2.75) is 26.8 Å². The van der Waals surface area contributed by atoms with E-state index < -0.39 is 0 Å². The predicted octanol–water partition coefficient (Wildman–Crippen LogP) is 5.28. The number of hydrogen-bond acceptors (Lipinski definition) is 2. The van der Waals surface area contributed by atoms with E-state index in [0.29, 0.717) is 10.0 Å². The highest BCUT2D eigenvalue weighted by Crippen LogP contribution is 2.36. The van der Waals surface area contributed by atoms with Gasteiger partial charge in [0.15, 0.2) is 0 Å². The Labute approximate surface area is 137 Å². The van der Waals surface area contributed by atoms with E-state index in [0.717, 1.165) is 21.5 Å². The van der Waals surface area contributed by atoms with E-state index in [2.05, 4.69) is 40.2 Å². The second-order valence-corrected chi connectivity index (χ2v) is 6.55. The molecule has 1 atom stereocenters. The van der Waals surface area contributed by atoms with Crippen molar-refractivity contribution in [2.75, 3.05) is 5.32 Å². The lowest BCUT2D eigenvalue weighted by atomic mass is 10.1. The number of nitrogens with zero attached hydrogens (tertiary/aromatic N) is 2. The summed E-state index contributed by atoms with van der Waals surface area (Å²) in [5.74, 6) is 0. The summed E-state index contributed by atoms with van der Waals surface area (Å²) < 4.78 is 2.74. The van der Waals surface area contributed by atoms with E-state index in [4.69, 9.17) is 23.2 Å². The minimum absolute atomic E-state index is 0.0693. The van der Waals surface area contributed by atoms with Crippen LogP contribution in [0.5, 0.6) is 0 Å². The molecule has 0 bridgehead atoms. The van der Waals surface area contributed by atoms with Gasteiger partial charge in [0.25, 0.3) is 0 Å². The molecule has 1 aromatic carbocycles. The van der Waals surface area contributed by atoms with E-state index in [1.807, 2.05) is 30.8 Å². The van der Waals surface area contributed by atoms with Crippen molar-refractivity contribution >= 4 is 44.8 Å². The van der Waals surface area contributed by atoms with Gasteiger partial charge in [-0.2, -0.15) is 5.10 Å². The highest BCUT2D eigenvalue weighted by atomic mass is 79.9. The molecule has 0 aliphatic rings. The van der Waals surface area contributed by atoms with Crippen molar-refractivity contribution in [3.63, 3.8) is 0 Å². The van der Waals surface area contributed by atoms with Gasteiger partial charge in [-0.1, -0.05) is 39.1 Å². The molecule has 0 spiro atoms. The Bertz CT molecular complexity index is 629.